The summed E-state index contributed by atoms with van der Waals surface area (Å²) in [5.41, 5.74) is 0. The predicted octanol–water partition coefficient (Wildman–Crippen LogP) is -3.51. The van der Waals surface area contributed by atoms with Crippen molar-refractivity contribution in [1.82, 2.24) is 0 Å². The van der Waals surface area contributed by atoms with Crippen LogP contribution in [0.1, 0.15) is 0 Å². The quantitative estimate of drug-likeness (QED) is 0.361. The van der Waals surface area contributed by atoms with Gasteiger partial charge >= 0.3 is 67.1 Å². The van der Waals surface area contributed by atoms with E-state index in [-0.39, 0.29) is 37.7 Å². The molecule has 0 radical (unpaired) electrons. The summed E-state index contributed by atoms with van der Waals surface area (Å²) in [5.74, 6) is 0. The maximum atomic E-state index is 8.58. The van der Waals surface area contributed by atoms with Crippen molar-refractivity contribution in [2.45, 2.75) is 0 Å². The van der Waals surface area contributed by atoms with E-state index in [0.717, 1.165) is 0 Å². The second-order valence-corrected chi connectivity index (χ2v) is 1.03. The van der Waals surface area contributed by atoms with Crippen molar-refractivity contribution in [3.63, 3.8) is 0 Å². The fraction of sp³-hybridized carbons (Fsp3) is 0. The van der Waals surface area contributed by atoms with Gasteiger partial charge in [0.1, 0.15) is 0 Å². The molecule has 4 nitrogen and oxygen atoms in total. The molecule has 0 amide bonds. The molecule has 0 saturated carbocycles. The van der Waals surface area contributed by atoms with E-state index in [2.05, 4.69) is 0 Å². The van der Waals surface area contributed by atoms with E-state index in [1.165, 1.54) is 9.88 Å². The summed E-state index contributed by atoms with van der Waals surface area (Å²) in [4.78, 5) is 6.92. The molecule has 0 heterocycles. The van der Waals surface area contributed by atoms with Crippen LogP contribution in [0.2, 0.25) is 0 Å². The first kappa shape index (κ1) is 15.8. The summed E-state index contributed by atoms with van der Waals surface area (Å²) in [5, 5.41) is 0. The Morgan fingerprint density at radius 2 is 1.43 bits per heavy atom. The molecule has 0 fully saturated rings. The second kappa shape index (κ2) is 15.6. The Morgan fingerprint density at radius 1 is 1.43 bits per heavy atom. The fourth-order valence-corrected chi connectivity index (χ4v) is 0. The molecule has 7 heavy (non-hydrogen) atoms. The van der Waals surface area contributed by atoms with Crippen molar-refractivity contribution < 1.29 is 29.3 Å². The van der Waals surface area contributed by atoms with Gasteiger partial charge in [-0.3, -0.25) is 4.89 Å². The van der Waals surface area contributed by atoms with Crippen molar-refractivity contribution >= 4 is 47.6 Å². The van der Waals surface area contributed by atoms with Crippen LogP contribution in [0.3, 0.4) is 0 Å². The molecule has 0 aromatic rings. The van der Waals surface area contributed by atoms with Gasteiger partial charge in [-0.25, -0.2) is 0 Å². The van der Waals surface area contributed by atoms with Crippen LogP contribution in [0.5, 0.6) is 0 Å². The number of nitrogens with zero attached hydrogens (tertiary/aromatic N) is 1. The Bertz CT molecular complexity index is 59.2. The van der Waals surface area contributed by atoms with E-state index in [1.54, 1.807) is 0 Å². The molecule has 7 heteroatoms. The Kier molecular flexibility index (Phi) is 35.4. The molecular formula is HCaNO3SiTi. The fourth-order valence-electron chi connectivity index (χ4n) is 0. The molecule has 0 bridgehead atoms. The first-order valence-corrected chi connectivity index (χ1v) is 3.30. The summed E-state index contributed by atoms with van der Waals surface area (Å²) < 4.78 is 25.8. The van der Waals surface area contributed by atoms with Gasteiger partial charge in [0.2, 0.25) is 0 Å². The monoisotopic (exact) mass is 179 g/mol. The SMILES string of the molecule is N#[SiH].[Ca+2].[O]=[Ti]([O-])[O-]. The second-order valence-electron chi connectivity index (χ2n) is 0.250. The zero-order chi connectivity index (χ0) is 5.58. The van der Waals surface area contributed by atoms with Gasteiger partial charge in [-0.1, -0.05) is 0 Å². The molecule has 0 aromatic carbocycles. The van der Waals surface area contributed by atoms with E-state index in [1.807, 2.05) is 0 Å². The third kappa shape index (κ3) is 91.6. The zero-order valence-corrected chi connectivity index (χ0v) is 8.38. The number of hydrogen-bond acceptors (Lipinski definition) is 4. The van der Waals surface area contributed by atoms with E-state index in [4.69, 9.17) is 15.6 Å². The van der Waals surface area contributed by atoms with Gasteiger partial charge in [-0.05, 0) is 0 Å². The summed E-state index contributed by atoms with van der Waals surface area (Å²) in [6.07, 6.45) is 0. The van der Waals surface area contributed by atoms with Crippen LogP contribution in [0.15, 0.2) is 0 Å². The first-order valence-electron chi connectivity index (χ1n) is 0.871. The van der Waals surface area contributed by atoms with Gasteiger partial charge in [0.15, 0.2) is 9.88 Å². The topological polar surface area (TPSA) is 87.0 Å². The molecule has 0 atom stereocenters. The van der Waals surface area contributed by atoms with Gasteiger partial charge in [-0.15, -0.1) is 0 Å². The zero-order valence-electron chi connectivity index (χ0n) is 3.46. The molecule has 0 aliphatic carbocycles. The average molecular weight is 179 g/mol. The van der Waals surface area contributed by atoms with Gasteiger partial charge in [0.05, 0.1) is 0 Å². The molecule has 0 spiro atoms. The minimum absolute atomic E-state index is 0. The van der Waals surface area contributed by atoms with Gasteiger partial charge < -0.3 is 0 Å². The van der Waals surface area contributed by atoms with Gasteiger partial charge in [-0.2, -0.15) is 0 Å². The molecule has 0 saturated heterocycles. The molecular weight excluding hydrogens is 178 g/mol. The summed E-state index contributed by atoms with van der Waals surface area (Å²) in [7, 11) is 1.42. The molecule has 34 valence electrons. The average Bonchev–Trinajstić information content (AvgIpc) is 1.41. The normalized spacial score (nSPS) is 4.00. The molecule has 0 N–H and O–H groups in total. The van der Waals surface area contributed by atoms with Gasteiger partial charge in [0, 0.05) is 0 Å². The third-order valence-electron chi connectivity index (χ3n) is 0. The van der Waals surface area contributed by atoms with E-state index >= 15 is 0 Å². The van der Waals surface area contributed by atoms with Crippen LogP contribution < -0.4 is 7.38 Å². The van der Waals surface area contributed by atoms with Crippen molar-refractivity contribution in [2.24, 2.45) is 0 Å². The van der Waals surface area contributed by atoms with Crippen molar-refractivity contribution in [2.75, 3.05) is 0 Å². The van der Waals surface area contributed by atoms with E-state index < -0.39 is 18.6 Å². The number of rotatable bonds is 0. The summed E-state index contributed by atoms with van der Waals surface area (Å²) in [6, 6.07) is 0. The van der Waals surface area contributed by atoms with Crippen molar-refractivity contribution in [3.8, 4) is 0 Å². The van der Waals surface area contributed by atoms with Crippen molar-refractivity contribution in [3.05, 3.63) is 0 Å². The molecule has 0 unspecified atom stereocenters. The Morgan fingerprint density at radius 3 is 1.43 bits per heavy atom. The Balaban J connectivity index is -0.0000000480. The van der Waals surface area contributed by atoms with Crippen LogP contribution in [0, 0.1) is 4.89 Å². The maximum absolute atomic E-state index is 8.58. The van der Waals surface area contributed by atoms with E-state index in [9.17, 15) is 0 Å². The molecule has 0 rings (SSSR count). The standard InChI is InChI=1S/Ca.HNSi.3O.Ti/c;1-2;;;;/h;2H;;;;/q+2;;;2*-1;. The van der Waals surface area contributed by atoms with Gasteiger partial charge in [0.25, 0.3) is 0 Å². The minimum atomic E-state index is -4.08. The Labute approximate surface area is 80.7 Å². The third-order valence-corrected chi connectivity index (χ3v) is 0. The predicted molar refractivity (Wildman–Crippen MR) is 15.3 cm³/mol. The first-order chi connectivity index (χ1) is 2.73. The number of hydrogen-bond donors (Lipinski definition) is 0. The van der Waals surface area contributed by atoms with Crippen molar-refractivity contribution in [1.29, 1.82) is 4.89 Å². The molecule has 0 aliphatic heterocycles. The van der Waals surface area contributed by atoms with Crippen LogP contribution in [0.25, 0.3) is 0 Å². The molecule has 0 aliphatic rings. The summed E-state index contributed by atoms with van der Waals surface area (Å²) >= 11 is -4.08. The molecule has 0 aromatic heterocycles. The van der Waals surface area contributed by atoms with Crippen LogP contribution in [0.4, 0.5) is 0 Å². The summed E-state index contributed by atoms with van der Waals surface area (Å²) in [6.45, 7) is 0. The van der Waals surface area contributed by atoms with Crippen LogP contribution >= 0.6 is 0 Å². The Hall–Kier alpha value is 1.62. The van der Waals surface area contributed by atoms with E-state index in [0.29, 0.717) is 0 Å². The van der Waals surface area contributed by atoms with Crippen LogP contribution in [-0.4, -0.2) is 47.6 Å². The van der Waals surface area contributed by atoms with Crippen LogP contribution in [-0.2, 0) is 21.9 Å².